The Labute approximate surface area is 302 Å². The van der Waals surface area contributed by atoms with Gasteiger partial charge in [-0.3, -0.25) is 9.97 Å². The predicted molar refractivity (Wildman–Crippen MR) is 221 cm³/mol. The number of aryl methyl sites for hydroxylation is 2. The third-order valence-corrected chi connectivity index (χ3v) is 10.6. The summed E-state index contributed by atoms with van der Waals surface area (Å²) in [7, 11) is 0. The minimum absolute atomic E-state index is 0.939. The number of hydrogen-bond acceptors (Lipinski definition) is 2. The number of fused-ring (bicyclic) bond motifs is 6. The van der Waals surface area contributed by atoms with Crippen LogP contribution in [0.3, 0.4) is 0 Å². The van der Waals surface area contributed by atoms with Gasteiger partial charge in [0.15, 0.2) is 0 Å². The van der Waals surface area contributed by atoms with Crippen LogP contribution in [0.15, 0.2) is 170 Å². The lowest BCUT2D eigenvalue weighted by Crippen LogP contribution is -1.97. The maximum absolute atomic E-state index is 5.12. The molecule has 0 radical (unpaired) electrons. The molecule has 0 unspecified atom stereocenters. The van der Waals surface area contributed by atoms with E-state index in [1.165, 1.54) is 65.7 Å². The second-order valence-electron chi connectivity index (χ2n) is 13.8. The van der Waals surface area contributed by atoms with Crippen molar-refractivity contribution in [1.29, 1.82) is 0 Å². The smallest absolute Gasteiger partial charge is 0.0974 e. The summed E-state index contributed by atoms with van der Waals surface area (Å²) < 4.78 is 0. The van der Waals surface area contributed by atoms with Gasteiger partial charge in [-0.1, -0.05) is 146 Å². The lowest BCUT2D eigenvalue weighted by atomic mass is 9.83. The lowest BCUT2D eigenvalue weighted by Gasteiger charge is -2.20. The molecule has 0 saturated carbocycles. The van der Waals surface area contributed by atoms with Crippen molar-refractivity contribution in [2.75, 3.05) is 0 Å². The molecule has 0 aliphatic carbocycles. The maximum Gasteiger partial charge on any atom is 0.0974 e. The summed E-state index contributed by atoms with van der Waals surface area (Å²) in [6.07, 6.45) is 0. The normalized spacial score (nSPS) is 11.7. The second kappa shape index (κ2) is 12.0. The van der Waals surface area contributed by atoms with E-state index in [4.69, 9.17) is 9.97 Å². The van der Waals surface area contributed by atoms with Crippen LogP contribution in [0.2, 0.25) is 0 Å². The Morgan fingerprint density at radius 2 is 0.731 bits per heavy atom. The van der Waals surface area contributed by atoms with Crippen molar-refractivity contribution in [1.82, 2.24) is 9.97 Å². The van der Waals surface area contributed by atoms with Gasteiger partial charge in [0.1, 0.15) is 0 Å². The molecule has 244 valence electrons. The third kappa shape index (κ3) is 4.80. The Bertz CT molecular complexity index is 2970. The number of pyridine rings is 2. The Kier molecular flexibility index (Phi) is 6.97. The summed E-state index contributed by atoms with van der Waals surface area (Å²) in [5, 5.41) is 9.69. The molecule has 0 aliphatic heterocycles. The van der Waals surface area contributed by atoms with Gasteiger partial charge in [0.05, 0.1) is 11.0 Å². The largest absolute Gasteiger partial charge is 0.251 e. The third-order valence-electron chi connectivity index (χ3n) is 10.6. The van der Waals surface area contributed by atoms with Gasteiger partial charge in [-0.25, -0.2) is 0 Å². The van der Waals surface area contributed by atoms with Crippen molar-refractivity contribution >= 4 is 54.1 Å². The van der Waals surface area contributed by atoms with Crippen molar-refractivity contribution in [3.8, 4) is 44.5 Å². The number of rotatable bonds is 4. The zero-order valence-corrected chi connectivity index (χ0v) is 29.1. The maximum atomic E-state index is 5.12. The summed E-state index contributed by atoms with van der Waals surface area (Å²) in [5.74, 6) is 0. The topological polar surface area (TPSA) is 25.8 Å². The van der Waals surface area contributed by atoms with Gasteiger partial charge >= 0.3 is 0 Å². The van der Waals surface area contributed by atoms with E-state index in [0.717, 1.165) is 44.3 Å². The number of aromatic nitrogens is 2. The fourth-order valence-corrected chi connectivity index (χ4v) is 8.28. The van der Waals surface area contributed by atoms with E-state index in [2.05, 4.69) is 184 Å². The van der Waals surface area contributed by atoms with Gasteiger partial charge in [0, 0.05) is 22.2 Å². The summed E-state index contributed by atoms with van der Waals surface area (Å²) in [6, 6.07) is 61.9. The average Bonchev–Trinajstić information content (AvgIpc) is 3.19. The van der Waals surface area contributed by atoms with Crippen molar-refractivity contribution in [3.05, 3.63) is 181 Å². The minimum atomic E-state index is 0.939. The molecule has 0 bridgehead atoms. The van der Waals surface area contributed by atoms with Crippen LogP contribution in [0.25, 0.3) is 98.6 Å². The van der Waals surface area contributed by atoms with Crippen LogP contribution in [0.1, 0.15) is 11.4 Å². The van der Waals surface area contributed by atoms with E-state index in [0.29, 0.717) is 0 Å². The van der Waals surface area contributed by atoms with E-state index in [-0.39, 0.29) is 0 Å². The molecule has 2 nitrogen and oxygen atoms in total. The highest BCUT2D eigenvalue weighted by Gasteiger charge is 2.21. The molecule has 52 heavy (non-hydrogen) atoms. The summed E-state index contributed by atoms with van der Waals surface area (Å²) in [5.41, 5.74) is 13.5. The van der Waals surface area contributed by atoms with E-state index in [1.807, 2.05) is 0 Å². The zero-order chi connectivity index (χ0) is 34.8. The van der Waals surface area contributed by atoms with Crippen molar-refractivity contribution in [3.63, 3.8) is 0 Å². The Balaban J connectivity index is 1.28. The van der Waals surface area contributed by atoms with Gasteiger partial charge in [0.25, 0.3) is 0 Å². The quantitative estimate of drug-likeness (QED) is 0.138. The molecule has 0 fully saturated rings. The first-order valence-electron chi connectivity index (χ1n) is 17.9. The fraction of sp³-hybridized carbons (Fsp3) is 0.0400. The molecular weight excluding hydrogens is 629 g/mol. The highest BCUT2D eigenvalue weighted by Crippen LogP contribution is 2.47. The fourth-order valence-electron chi connectivity index (χ4n) is 8.28. The monoisotopic (exact) mass is 662 g/mol. The molecule has 0 N–H and O–H groups in total. The van der Waals surface area contributed by atoms with Gasteiger partial charge in [-0.05, 0) is 115 Å². The first-order chi connectivity index (χ1) is 25.6. The minimum Gasteiger partial charge on any atom is -0.251 e. The first kappa shape index (κ1) is 30.2. The van der Waals surface area contributed by atoms with Crippen LogP contribution in [0, 0.1) is 13.8 Å². The second-order valence-corrected chi connectivity index (χ2v) is 13.8. The summed E-state index contributed by atoms with van der Waals surface area (Å²) in [6.45, 7) is 4.12. The van der Waals surface area contributed by atoms with Gasteiger partial charge in [0.2, 0.25) is 0 Å². The molecule has 2 heteroatoms. The van der Waals surface area contributed by atoms with Crippen molar-refractivity contribution in [2.24, 2.45) is 0 Å². The van der Waals surface area contributed by atoms with Crippen molar-refractivity contribution in [2.45, 2.75) is 13.8 Å². The number of benzene rings is 8. The van der Waals surface area contributed by atoms with E-state index >= 15 is 0 Å². The molecule has 2 heterocycles. The average molecular weight is 663 g/mol. The van der Waals surface area contributed by atoms with E-state index in [9.17, 15) is 0 Å². The van der Waals surface area contributed by atoms with Crippen LogP contribution < -0.4 is 0 Å². The van der Waals surface area contributed by atoms with E-state index < -0.39 is 0 Å². The van der Waals surface area contributed by atoms with Crippen molar-refractivity contribution < 1.29 is 0 Å². The van der Waals surface area contributed by atoms with Gasteiger partial charge < -0.3 is 0 Å². The molecule has 0 saturated heterocycles. The van der Waals surface area contributed by atoms with Gasteiger partial charge in [-0.15, -0.1) is 0 Å². The van der Waals surface area contributed by atoms with Crippen LogP contribution in [-0.2, 0) is 0 Å². The van der Waals surface area contributed by atoms with Gasteiger partial charge in [-0.2, -0.15) is 0 Å². The summed E-state index contributed by atoms with van der Waals surface area (Å²) in [4.78, 5) is 10.2. The molecule has 0 aliphatic rings. The summed E-state index contributed by atoms with van der Waals surface area (Å²) >= 11 is 0. The molecule has 0 amide bonds. The molecule has 0 atom stereocenters. The van der Waals surface area contributed by atoms with Crippen LogP contribution in [0.4, 0.5) is 0 Å². The first-order valence-corrected chi connectivity index (χ1v) is 17.9. The molecule has 10 rings (SSSR count). The number of nitrogens with zero attached hydrogens (tertiary/aromatic N) is 2. The van der Waals surface area contributed by atoms with E-state index in [1.54, 1.807) is 0 Å². The Morgan fingerprint density at radius 3 is 1.31 bits per heavy atom. The molecule has 10 aromatic rings. The molecule has 2 aromatic heterocycles. The molecular formula is C50H34N2. The highest BCUT2D eigenvalue weighted by molar-refractivity contribution is 6.23. The zero-order valence-electron chi connectivity index (χ0n) is 29.1. The standard InChI is InChI=1S/C50H34N2/c1-31-23-27-43-47(34-14-4-3-5-15-34)48(44-28-24-32(2)52-50(44)49(43)51-31)37-18-12-17-36(30-37)45-39-19-8-10-21-41(39)46(42-22-11-9-20-40(42)45)38-26-25-33-13-6-7-16-35(33)29-38/h3-30H,1-2H3. The molecule has 8 aromatic carbocycles. The SMILES string of the molecule is Cc1ccc2c(-c3ccccc3)c(-c3cccc(-c4c5ccccc5c(-c5ccc6ccccc6c5)c5ccccc45)c3)c3ccc(C)nc3c2n1. The highest BCUT2D eigenvalue weighted by atomic mass is 14.8. The lowest BCUT2D eigenvalue weighted by molar-refractivity contribution is 1.23. The van der Waals surface area contributed by atoms with Crippen LogP contribution in [0.5, 0.6) is 0 Å². The Hall–Kier alpha value is -6.64. The number of hydrogen-bond donors (Lipinski definition) is 0. The van der Waals surface area contributed by atoms with Crippen LogP contribution >= 0.6 is 0 Å². The van der Waals surface area contributed by atoms with Crippen LogP contribution in [-0.4, -0.2) is 9.97 Å². The Morgan fingerprint density at radius 1 is 0.288 bits per heavy atom. The predicted octanol–water partition coefficient (Wildman–Crippen LogP) is 13.5. The molecule has 0 spiro atoms.